The minimum Gasteiger partial charge on any atom is -0.480 e. The van der Waals surface area contributed by atoms with Crippen LogP contribution in [0.1, 0.15) is 26.2 Å². The molecule has 0 spiro atoms. The molecule has 19 heavy (non-hydrogen) atoms. The predicted octanol–water partition coefficient (Wildman–Crippen LogP) is 2.43. The maximum absolute atomic E-state index is 12.9. The Morgan fingerprint density at radius 3 is 2.26 bits per heavy atom. The molecule has 0 saturated heterocycles. The normalized spacial score (nSPS) is 16.5. The molecule has 4 nitrogen and oxygen atoms in total. The van der Waals surface area contributed by atoms with E-state index in [1.54, 1.807) is 6.92 Å². The van der Waals surface area contributed by atoms with E-state index in [1.807, 2.05) is 0 Å². The van der Waals surface area contributed by atoms with Crippen molar-refractivity contribution in [1.82, 2.24) is 0 Å². The van der Waals surface area contributed by atoms with Gasteiger partial charge in [-0.05, 0) is 44.0 Å². The zero-order valence-electron chi connectivity index (χ0n) is 10.7. The van der Waals surface area contributed by atoms with Crippen molar-refractivity contribution in [2.75, 3.05) is 11.4 Å². The summed E-state index contributed by atoms with van der Waals surface area (Å²) in [6.07, 6.45) is 1.50. The van der Waals surface area contributed by atoms with Crippen LogP contribution in [0, 0.1) is 11.2 Å². The van der Waals surface area contributed by atoms with Gasteiger partial charge in [-0.1, -0.05) is 6.42 Å². The lowest BCUT2D eigenvalue weighted by molar-refractivity contribution is -0.160. The SMILES string of the molecule is CCN(C(=O)C1(C(=O)O)CCC1)c1ccc(F)cc1. The Hall–Kier alpha value is -1.91. The van der Waals surface area contributed by atoms with E-state index < -0.39 is 17.3 Å². The van der Waals surface area contributed by atoms with E-state index in [4.69, 9.17) is 0 Å². The van der Waals surface area contributed by atoms with Crippen molar-refractivity contribution >= 4 is 17.6 Å². The van der Waals surface area contributed by atoms with E-state index in [1.165, 1.54) is 29.2 Å². The van der Waals surface area contributed by atoms with Crippen molar-refractivity contribution < 1.29 is 19.1 Å². The van der Waals surface area contributed by atoms with Crippen LogP contribution in [0.5, 0.6) is 0 Å². The van der Waals surface area contributed by atoms with Crippen molar-refractivity contribution in [3.8, 4) is 0 Å². The van der Waals surface area contributed by atoms with E-state index in [-0.39, 0.29) is 5.82 Å². The summed E-state index contributed by atoms with van der Waals surface area (Å²) < 4.78 is 12.9. The molecule has 5 heteroatoms. The van der Waals surface area contributed by atoms with E-state index >= 15 is 0 Å². The van der Waals surface area contributed by atoms with Gasteiger partial charge in [0, 0.05) is 12.2 Å². The Bertz CT molecular complexity index is 494. The Balaban J connectivity index is 2.29. The lowest BCUT2D eigenvalue weighted by Gasteiger charge is -2.39. The molecule has 1 amide bonds. The standard InChI is InChI=1S/C14H16FNO3/c1-2-16(11-6-4-10(15)5-7-11)12(17)14(13(18)19)8-3-9-14/h4-7H,2-3,8-9H2,1H3,(H,18,19). The highest BCUT2D eigenvalue weighted by molar-refractivity contribution is 6.10. The molecule has 1 aromatic carbocycles. The molecule has 2 rings (SSSR count). The van der Waals surface area contributed by atoms with Gasteiger partial charge in [-0.15, -0.1) is 0 Å². The van der Waals surface area contributed by atoms with Crippen LogP contribution in [0.4, 0.5) is 10.1 Å². The summed E-state index contributed by atoms with van der Waals surface area (Å²) in [5, 5.41) is 9.28. The van der Waals surface area contributed by atoms with Crippen LogP contribution in [0.2, 0.25) is 0 Å². The number of carboxylic acids is 1. The van der Waals surface area contributed by atoms with Crippen LogP contribution in [0.25, 0.3) is 0 Å². The molecule has 0 aliphatic heterocycles. The van der Waals surface area contributed by atoms with Crippen molar-refractivity contribution in [3.63, 3.8) is 0 Å². The third-order valence-electron chi connectivity index (χ3n) is 3.73. The molecule has 0 unspecified atom stereocenters. The minimum atomic E-state index is -1.29. The van der Waals surface area contributed by atoms with Gasteiger partial charge >= 0.3 is 5.97 Å². The molecule has 1 aliphatic carbocycles. The quantitative estimate of drug-likeness (QED) is 0.851. The van der Waals surface area contributed by atoms with Crippen molar-refractivity contribution in [2.45, 2.75) is 26.2 Å². The van der Waals surface area contributed by atoms with Gasteiger partial charge in [0.2, 0.25) is 5.91 Å². The number of anilines is 1. The second-order valence-corrected chi connectivity index (χ2v) is 4.77. The summed E-state index contributed by atoms with van der Waals surface area (Å²) in [5.41, 5.74) is -0.758. The summed E-state index contributed by atoms with van der Waals surface area (Å²) >= 11 is 0. The minimum absolute atomic E-state index is 0.361. The van der Waals surface area contributed by atoms with Crippen LogP contribution in [-0.4, -0.2) is 23.5 Å². The van der Waals surface area contributed by atoms with Gasteiger partial charge < -0.3 is 10.0 Å². The van der Waals surface area contributed by atoms with Crippen molar-refractivity contribution in [1.29, 1.82) is 0 Å². The fraction of sp³-hybridized carbons (Fsp3) is 0.429. The smallest absolute Gasteiger partial charge is 0.319 e. The molecule has 0 aromatic heterocycles. The zero-order chi connectivity index (χ0) is 14.0. The highest BCUT2D eigenvalue weighted by atomic mass is 19.1. The summed E-state index contributed by atoms with van der Waals surface area (Å²) in [6.45, 7) is 2.13. The van der Waals surface area contributed by atoms with E-state index in [9.17, 15) is 19.1 Å². The molecule has 0 bridgehead atoms. The number of hydrogen-bond donors (Lipinski definition) is 1. The fourth-order valence-electron chi connectivity index (χ4n) is 2.37. The number of aliphatic carboxylic acids is 1. The van der Waals surface area contributed by atoms with Gasteiger partial charge in [0.1, 0.15) is 11.2 Å². The van der Waals surface area contributed by atoms with Gasteiger partial charge in [-0.3, -0.25) is 9.59 Å². The van der Waals surface area contributed by atoms with Gasteiger partial charge in [0.25, 0.3) is 0 Å². The number of carbonyl (C=O) groups is 2. The number of amides is 1. The molecule has 1 saturated carbocycles. The van der Waals surface area contributed by atoms with Crippen LogP contribution < -0.4 is 4.90 Å². The largest absolute Gasteiger partial charge is 0.480 e. The first-order chi connectivity index (χ1) is 9.01. The molecular formula is C14H16FNO3. The molecule has 1 fully saturated rings. The molecule has 0 atom stereocenters. The number of carbonyl (C=O) groups excluding carboxylic acids is 1. The number of carboxylic acid groups (broad SMARTS) is 1. The second-order valence-electron chi connectivity index (χ2n) is 4.77. The molecular weight excluding hydrogens is 249 g/mol. The highest BCUT2D eigenvalue weighted by Gasteiger charge is 2.52. The van der Waals surface area contributed by atoms with Gasteiger partial charge in [0.15, 0.2) is 0 Å². The van der Waals surface area contributed by atoms with Crippen LogP contribution >= 0.6 is 0 Å². The summed E-state index contributed by atoms with van der Waals surface area (Å²) in [7, 11) is 0. The Morgan fingerprint density at radius 2 is 1.89 bits per heavy atom. The predicted molar refractivity (Wildman–Crippen MR) is 68.3 cm³/mol. The topological polar surface area (TPSA) is 57.6 Å². The first-order valence-electron chi connectivity index (χ1n) is 6.32. The summed E-state index contributed by atoms with van der Waals surface area (Å²) in [6, 6.07) is 5.51. The summed E-state index contributed by atoms with van der Waals surface area (Å²) in [4.78, 5) is 25.2. The monoisotopic (exact) mass is 265 g/mol. The average molecular weight is 265 g/mol. The maximum Gasteiger partial charge on any atom is 0.319 e. The fourth-order valence-corrected chi connectivity index (χ4v) is 2.37. The first-order valence-corrected chi connectivity index (χ1v) is 6.32. The maximum atomic E-state index is 12.9. The molecule has 1 N–H and O–H groups in total. The van der Waals surface area contributed by atoms with Crippen molar-refractivity contribution in [2.24, 2.45) is 5.41 Å². The average Bonchev–Trinajstić information content (AvgIpc) is 2.30. The molecule has 1 aliphatic rings. The number of benzene rings is 1. The van der Waals surface area contributed by atoms with Crippen LogP contribution in [0.3, 0.4) is 0 Å². The van der Waals surface area contributed by atoms with Gasteiger partial charge in [-0.2, -0.15) is 0 Å². The Morgan fingerprint density at radius 1 is 1.32 bits per heavy atom. The van der Waals surface area contributed by atoms with Crippen LogP contribution in [0.15, 0.2) is 24.3 Å². The third-order valence-corrected chi connectivity index (χ3v) is 3.73. The van der Waals surface area contributed by atoms with Gasteiger partial charge in [0.05, 0.1) is 0 Å². The van der Waals surface area contributed by atoms with Crippen LogP contribution in [-0.2, 0) is 9.59 Å². The number of rotatable bonds is 4. The third kappa shape index (κ3) is 2.20. The van der Waals surface area contributed by atoms with E-state index in [0.717, 1.165) is 6.42 Å². The van der Waals surface area contributed by atoms with Gasteiger partial charge in [-0.25, -0.2) is 4.39 Å². The molecule has 0 radical (unpaired) electrons. The molecule has 0 heterocycles. The van der Waals surface area contributed by atoms with Crippen molar-refractivity contribution in [3.05, 3.63) is 30.1 Å². The zero-order valence-corrected chi connectivity index (χ0v) is 10.7. The molecule has 1 aromatic rings. The second kappa shape index (κ2) is 4.99. The molecule has 102 valence electrons. The lowest BCUT2D eigenvalue weighted by Crippen LogP contribution is -2.52. The lowest BCUT2D eigenvalue weighted by atomic mass is 9.67. The highest BCUT2D eigenvalue weighted by Crippen LogP contribution is 2.43. The number of hydrogen-bond acceptors (Lipinski definition) is 2. The Kier molecular flexibility index (Phi) is 3.55. The number of halogens is 1. The summed E-state index contributed by atoms with van der Waals surface area (Å²) in [5.74, 6) is -1.85. The first kappa shape index (κ1) is 13.5. The van der Waals surface area contributed by atoms with E-state index in [2.05, 4.69) is 0 Å². The number of nitrogens with zero attached hydrogens (tertiary/aromatic N) is 1. The Labute approximate surface area is 110 Å². The van der Waals surface area contributed by atoms with E-state index in [0.29, 0.717) is 25.1 Å².